The normalized spacial score (nSPS) is 10.1. The van der Waals surface area contributed by atoms with Crippen LogP contribution in [0.15, 0.2) is 42.5 Å². The van der Waals surface area contributed by atoms with Crippen molar-refractivity contribution in [2.75, 3.05) is 11.9 Å². The first kappa shape index (κ1) is 15.8. The van der Waals surface area contributed by atoms with Crippen LogP contribution in [0.2, 0.25) is 5.02 Å². The SMILES string of the molecule is CCOc1cccc(NC(=O)c2cc(Cl)ccc2[N+](=O)[O-])c1. The minimum Gasteiger partial charge on any atom is -0.494 e. The number of hydrogen-bond donors (Lipinski definition) is 1. The lowest BCUT2D eigenvalue weighted by atomic mass is 10.1. The highest BCUT2D eigenvalue weighted by Crippen LogP contribution is 2.24. The number of halogens is 1. The molecule has 0 aliphatic rings. The van der Waals surface area contributed by atoms with Crippen LogP contribution >= 0.6 is 11.6 Å². The Morgan fingerprint density at radius 2 is 2.09 bits per heavy atom. The predicted octanol–water partition coefficient (Wildman–Crippen LogP) is 3.90. The third-order valence-electron chi connectivity index (χ3n) is 2.80. The van der Waals surface area contributed by atoms with E-state index in [4.69, 9.17) is 16.3 Å². The molecule has 0 spiro atoms. The molecule has 2 aromatic rings. The largest absolute Gasteiger partial charge is 0.494 e. The van der Waals surface area contributed by atoms with Crippen LogP contribution in [0.25, 0.3) is 0 Å². The van der Waals surface area contributed by atoms with Gasteiger partial charge in [0.25, 0.3) is 11.6 Å². The summed E-state index contributed by atoms with van der Waals surface area (Å²) in [4.78, 5) is 22.6. The minimum atomic E-state index is -0.623. The van der Waals surface area contributed by atoms with Crippen molar-refractivity contribution < 1.29 is 14.5 Å². The molecule has 0 aromatic heterocycles. The first-order valence-corrected chi connectivity index (χ1v) is 6.87. The standard InChI is InChI=1S/C15H13ClN2O4/c1-2-22-12-5-3-4-11(9-12)17-15(19)13-8-10(16)6-7-14(13)18(20)21/h3-9H,2H2,1H3,(H,17,19). The molecular weight excluding hydrogens is 308 g/mol. The van der Waals surface area contributed by atoms with Crippen molar-refractivity contribution in [3.8, 4) is 5.75 Å². The number of anilines is 1. The number of amides is 1. The molecular formula is C15H13ClN2O4. The monoisotopic (exact) mass is 320 g/mol. The molecule has 0 saturated carbocycles. The van der Waals surface area contributed by atoms with E-state index in [1.807, 2.05) is 6.92 Å². The van der Waals surface area contributed by atoms with Gasteiger partial charge in [-0.15, -0.1) is 0 Å². The van der Waals surface area contributed by atoms with E-state index in [1.165, 1.54) is 18.2 Å². The molecule has 114 valence electrons. The van der Waals surface area contributed by atoms with Crippen LogP contribution in [0.3, 0.4) is 0 Å². The second-order valence-electron chi connectivity index (χ2n) is 4.33. The second-order valence-corrected chi connectivity index (χ2v) is 4.77. The Labute approximate surface area is 131 Å². The van der Waals surface area contributed by atoms with E-state index in [9.17, 15) is 14.9 Å². The van der Waals surface area contributed by atoms with E-state index >= 15 is 0 Å². The Hall–Kier alpha value is -2.60. The topological polar surface area (TPSA) is 81.5 Å². The third kappa shape index (κ3) is 3.73. The van der Waals surface area contributed by atoms with Crippen LogP contribution in [0.4, 0.5) is 11.4 Å². The molecule has 2 aromatic carbocycles. The Bertz CT molecular complexity index is 718. The smallest absolute Gasteiger partial charge is 0.282 e. The molecule has 0 unspecified atom stereocenters. The van der Waals surface area contributed by atoms with Gasteiger partial charge in [0.05, 0.1) is 11.5 Å². The summed E-state index contributed by atoms with van der Waals surface area (Å²) in [6.07, 6.45) is 0. The predicted molar refractivity (Wildman–Crippen MR) is 83.7 cm³/mol. The van der Waals surface area contributed by atoms with Crippen LogP contribution in [0, 0.1) is 10.1 Å². The molecule has 0 atom stereocenters. The fraction of sp³-hybridized carbons (Fsp3) is 0.133. The maximum Gasteiger partial charge on any atom is 0.282 e. The summed E-state index contributed by atoms with van der Waals surface area (Å²) in [5.41, 5.74) is 0.0763. The van der Waals surface area contributed by atoms with Gasteiger partial charge in [0.15, 0.2) is 0 Å². The van der Waals surface area contributed by atoms with Crippen LogP contribution < -0.4 is 10.1 Å². The van der Waals surface area contributed by atoms with E-state index in [2.05, 4.69) is 5.32 Å². The Balaban J connectivity index is 2.27. The molecule has 0 saturated heterocycles. The summed E-state index contributed by atoms with van der Waals surface area (Å²) in [5, 5.41) is 13.8. The third-order valence-corrected chi connectivity index (χ3v) is 3.04. The quantitative estimate of drug-likeness (QED) is 0.669. The van der Waals surface area contributed by atoms with Crippen molar-refractivity contribution in [3.05, 3.63) is 63.2 Å². The number of nitrogens with zero attached hydrogens (tertiary/aromatic N) is 1. The van der Waals surface area contributed by atoms with Crippen LogP contribution in [-0.4, -0.2) is 17.4 Å². The second kappa shape index (κ2) is 6.91. The van der Waals surface area contributed by atoms with Gasteiger partial charge in [-0.25, -0.2) is 0 Å². The first-order chi connectivity index (χ1) is 10.5. The van der Waals surface area contributed by atoms with Crippen LogP contribution in [0.1, 0.15) is 17.3 Å². The van der Waals surface area contributed by atoms with Crippen molar-refractivity contribution in [1.82, 2.24) is 0 Å². The lowest BCUT2D eigenvalue weighted by Crippen LogP contribution is -2.14. The molecule has 2 rings (SSSR count). The number of carbonyl (C=O) groups excluding carboxylic acids is 1. The summed E-state index contributed by atoms with van der Waals surface area (Å²) in [7, 11) is 0. The van der Waals surface area contributed by atoms with E-state index < -0.39 is 10.8 Å². The first-order valence-electron chi connectivity index (χ1n) is 6.49. The fourth-order valence-electron chi connectivity index (χ4n) is 1.88. The van der Waals surface area contributed by atoms with Gasteiger partial charge in [-0.2, -0.15) is 0 Å². The summed E-state index contributed by atoms with van der Waals surface area (Å²) in [5.74, 6) is -0.0104. The maximum atomic E-state index is 12.2. The van der Waals surface area contributed by atoms with Crippen molar-refractivity contribution in [3.63, 3.8) is 0 Å². The molecule has 0 bridgehead atoms. The van der Waals surface area contributed by atoms with Gasteiger partial charge >= 0.3 is 0 Å². The van der Waals surface area contributed by atoms with Crippen molar-refractivity contribution in [2.45, 2.75) is 6.92 Å². The zero-order chi connectivity index (χ0) is 16.1. The molecule has 6 nitrogen and oxygen atoms in total. The number of rotatable bonds is 5. The van der Waals surface area contributed by atoms with E-state index in [-0.39, 0.29) is 16.3 Å². The zero-order valence-electron chi connectivity index (χ0n) is 11.7. The summed E-state index contributed by atoms with van der Waals surface area (Å²) >= 11 is 5.81. The summed E-state index contributed by atoms with van der Waals surface area (Å²) < 4.78 is 5.33. The Morgan fingerprint density at radius 3 is 2.77 bits per heavy atom. The molecule has 22 heavy (non-hydrogen) atoms. The van der Waals surface area contributed by atoms with Crippen molar-refractivity contribution >= 4 is 28.9 Å². The van der Waals surface area contributed by atoms with Gasteiger partial charge in [0.1, 0.15) is 11.3 Å². The Morgan fingerprint density at radius 1 is 1.32 bits per heavy atom. The van der Waals surface area contributed by atoms with E-state index in [0.717, 1.165) is 0 Å². The number of nitrogens with one attached hydrogen (secondary N) is 1. The molecule has 0 aliphatic carbocycles. The summed E-state index contributed by atoms with van der Waals surface area (Å²) in [6.45, 7) is 2.34. The number of carbonyl (C=O) groups is 1. The zero-order valence-corrected chi connectivity index (χ0v) is 12.5. The lowest BCUT2D eigenvalue weighted by molar-refractivity contribution is -0.385. The minimum absolute atomic E-state index is 0.0979. The number of benzene rings is 2. The Kier molecular flexibility index (Phi) is 4.95. The van der Waals surface area contributed by atoms with Crippen molar-refractivity contribution in [1.29, 1.82) is 0 Å². The average molecular weight is 321 g/mol. The van der Waals surface area contributed by atoms with Gasteiger partial charge in [-0.05, 0) is 31.2 Å². The number of hydrogen-bond acceptors (Lipinski definition) is 4. The van der Waals surface area contributed by atoms with Crippen LogP contribution in [0.5, 0.6) is 5.75 Å². The fourth-order valence-corrected chi connectivity index (χ4v) is 2.05. The molecule has 0 radical (unpaired) electrons. The number of ether oxygens (including phenoxy) is 1. The average Bonchev–Trinajstić information content (AvgIpc) is 2.47. The maximum absolute atomic E-state index is 12.2. The van der Waals surface area contributed by atoms with Gasteiger partial charge in [-0.1, -0.05) is 17.7 Å². The molecule has 7 heteroatoms. The van der Waals surface area contributed by atoms with Gasteiger partial charge < -0.3 is 10.1 Å². The number of nitro benzene ring substituents is 1. The highest BCUT2D eigenvalue weighted by Gasteiger charge is 2.20. The highest BCUT2D eigenvalue weighted by atomic mass is 35.5. The molecule has 0 heterocycles. The van der Waals surface area contributed by atoms with Gasteiger partial charge in [-0.3, -0.25) is 14.9 Å². The lowest BCUT2D eigenvalue weighted by Gasteiger charge is -2.08. The van der Waals surface area contributed by atoms with Gasteiger partial charge in [0.2, 0.25) is 0 Å². The molecule has 0 fully saturated rings. The molecule has 0 aliphatic heterocycles. The summed E-state index contributed by atoms with van der Waals surface area (Å²) in [6, 6.07) is 10.6. The molecule has 1 N–H and O–H groups in total. The van der Waals surface area contributed by atoms with E-state index in [1.54, 1.807) is 24.3 Å². The number of nitro groups is 1. The van der Waals surface area contributed by atoms with Crippen LogP contribution in [-0.2, 0) is 0 Å². The molecule has 1 amide bonds. The van der Waals surface area contributed by atoms with E-state index in [0.29, 0.717) is 18.0 Å². The van der Waals surface area contributed by atoms with Gasteiger partial charge in [0, 0.05) is 22.8 Å². The van der Waals surface area contributed by atoms with Crippen molar-refractivity contribution in [2.24, 2.45) is 0 Å². The highest BCUT2D eigenvalue weighted by molar-refractivity contribution is 6.31.